The first kappa shape index (κ1) is 13.0. The monoisotopic (exact) mass is 259 g/mol. The van der Waals surface area contributed by atoms with Gasteiger partial charge in [0.05, 0.1) is 17.9 Å². The van der Waals surface area contributed by atoms with Crippen molar-refractivity contribution in [1.29, 1.82) is 0 Å². The Labute approximate surface area is 110 Å². The smallest absolute Gasteiger partial charge is 0.330 e. The number of anilines is 1. The van der Waals surface area contributed by atoms with Gasteiger partial charge in [-0.15, -0.1) is 0 Å². The number of rotatable bonds is 3. The van der Waals surface area contributed by atoms with Crippen LogP contribution in [-0.4, -0.2) is 24.3 Å². The second-order valence-corrected chi connectivity index (χ2v) is 4.09. The quantitative estimate of drug-likeness (QED) is 0.509. The fourth-order valence-electron chi connectivity index (χ4n) is 1.92. The van der Waals surface area contributed by atoms with Gasteiger partial charge >= 0.3 is 5.97 Å². The standard InChI is InChI=1S/C14H13NO4/c1-3-19-11(16)7-5-9-8(2)4-6-10-12(9)13(17)14(18)15-10/h4-7H,3H2,1-2H3,(H,15,17,18). The number of aryl methyl sites for hydroxylation is 1. The largest absolute Gasteiger partial charge is 0.463 e. The van der Waals surface area contributed by atoms with Gasteiger partial charge < -0.3 is 10.1 Å². The van der Waals surface area contributed by atoms with Gasteiger partial charge in [-0.3, -0.25) is 9.59 Å². The van der Waals surface area contributed by atoms with E-state index in [4.69, 9.17) is 4.74 Å². The van der Waals surface area contributed by atoms with Crippen LogP contribution in [0.25, 0.3) is 6.08 Å². The van der Waals surface area contributed by atoms with E-state index in [1.54, 1.807) is 26.0 Å². The number of ether oxygens (including phenoxy) is 1. The second kappa shape index (κ2) is 5.06. The number of fused-ring (bicyclic) bond motifs is 1. The molecule has 19 heavy (non-hydrogen) atoms. The molecule has 1 amide bonds. The second-order valence-electron chi connectivity index (χ2n) is 4.09. The first-order valence-electron chi connectivity index (χ1n) is 5.88. The Balaban J connectivity index is 2.42. The molecule has 5 heteroatoms. The topological polar surface area (TPSA) is 72.5 Å². The molecule has 0 radical (unpaired) electrons. The Morgan fingerprint density at radius 1 is 1.37 bits per heavy atom. The van der Waals surface area contributed by atoms with Crippen molar-refractivity contribution in [3.8, 4) is 0 Å². The molecule has 0 unspecified atom stereocenters. The molecule has 1 aromatic carbocycles. The molecule has 0 saturated carbocycles. The number of Topliss-reactive ketones (excluding diaryl/α,β-unsaturated/α-hetero) is 1. The highest BCUT2D eigenvalue weighted by Crippen LogP contribution is 2.29. The van der Waals surface area contributed by atoms with Gasteiger partial charge in [-0.1, -0.05) is 6.07 Å². The number of benzene rings is 1. The van der Waals surface area contributed by atoms with Crippen LogP contribution < -0.4 is 5.32 Å². The van der Waals surface area contributed by atoms with Gasteiger partial charge in [-0.25, -0.2) is 4.79 Å². The molecule has 0 aromatic heterocycles. The predicted molar refractivity (Wildman–Crippen MR) is 69.8 cm³/mol. The average Bonchev–Trinajstić information content (AvgIpc) is 2.65. The average molecular weight is 259 g/mol. The minimum absolute atomic E-state index is 0.286. The number of ketones is 1. The summed E-state index contributed by atoms with van der Waals surface area (Å²) in [5.74, 6) is -1.71. The maximum atomic E-state index is 11.8. The van der Waals surface area contributed by atoms with Crippen LogP contribution in [0.5, 0.6) is 0 Å². The van der Waals surface area contributed by atoms with E-state index >= 15 is 0 Å². The third-order valence-corrected chi connectivity index (χ3v) is 2.82. The van der Waals surface area contributed by atoms with E-state index < -0.39 is 17.7 Å². The van der Waals surface area contributed by atoms with E-state index in [1.165, 1.54) is 12.2 Å². The zero-order valence-corrected chi connectivity index (χ0v) is 10.6. The molecule has 0 fully saturated rings. The maximum Gasteiger partial charge on any atom is 0.330 e. The summed E-state index contributed by atoms with van der Waals surface area (Å²) in [7, 11) is 0. The van der Waals surface area contributed by atoms with Gasteiger partial charge in [0.25, 0.3) is 11.7 Å². The van der Waals surface area contributed by atoms with Gasteiger partial charge in [-0.2, -0.15) is 0 Å². The summed E-state index contributed by atoms with van der Waals surface area (Å²) in [5, 5.41) is 2.49. The summed E-state index contributed by atoms with van der Waals surface area (Å²) in [4.78, 5) is 34.4. The van der Waals surface area contributed by atoms with Crippen molar-refractivity contribution in [3.63, 3.8) is 0 Å². The van der Waals surface area contributed by atoms with E-state index in [2.05, 4.69) is 5.32 Å². The summed E-state index contributed by atoms with van der Waals surface area (Å²) >= 11 is 0. The molecule has 0 bridgehead atoms. The fourth-order valence-corrected chi connectivity index (χ4v) is 1.92. The molecule has 1 N–H and O–H groups in total. The SMILES string of the molecule is CCOC(=O)C=Cc1c(C)ccc2c1C(=O)C(=O)N2. The highest BCUT2D eigenvalue weighted by molar-refractivity contribution is 6.52. The summed E-state index contributed by atoms with van der Waals surface area (Å²) < 4.78 is 4.78. The first-order valence-corrected chi connectivity index (χ1v) is 5.88. The van der Waals surface area contributed by atoms with Gasteiger partial charge in [0.1, 0.15) is 0 Å². The summed E-state index contributed by atoms with van der Waals surface area (Å²) in [6.07, 6.45) is 2.76. The normalized spacial score (nSPS) is 13.6. The Morgan fingerprint density at radius 3 is 2.79 bits per heavy atom. The molecular weight excluding hydrogens is 246 g/mol. The van der Waals surface area contributed by atoms with E-state index in [-0.39, 0.29) is 6.61 Å². The minimum atomic E-state index is -0.647. The lowest BCUT2D eigenvalue weighted by Gasteiger charge is -2.05. The van der Waals surface area contributed by atoms with Crippen LogP contribution in [0, 0.1) is 6.92 Å². The Kier molecular flexibility index (Phi) is 3.46. The third-order valence-electron chi connectivity index (χ3n) is 2.82. The van der Waals surface area contributed by atoms with Crippen LogP contribution in [0.2, 0.25) is 0 Å². The number of amides is 1. The predicted octanol–water partition coefficient (Wildman–Crippen LogP) is 1.71. The third kappa shape index (κ3) is 2.40. The van der Waals surface area contributed by atoms with Gasteiger partial charge in [0, 0.05) is 6.08 Å². The zero-order chi connectivity index (χ0) is 14.0. The van der Waals surface area contributed by atoms with Gasteiger partial charge in [0.2, 0.25) is 0 Å². The molecule has 1 heterocycles. The number of esters is 1. The number of carbonyl (C=O) groups is 3. The first-order chi connectivity index (χ1) is 9.04. The molecule has 0 saturated heterocycles. The van der Waals surface area contributed by atoms with Crippen molar-refractivity contribution < 1.29 is 19.1 Å². The van der Waals surface area contributed by atoms with Gasteiger partial charge in [-0.05, 0) is 37.1 Å². The maximum absolute atomic E-state index is 11.8. The van der Waals surface area contributed by atoms with E-state index in [9.17, 15) is 14.4 Å². The minimum Gasteiger partial charge on any atom is -0.463 e. The zero-order valence-electron chi connectivity index (χ0n) is 10.6. The molecular formula is C14H13NO4. The van der Waals surface area contributed by atoms with Crippen LogP contribution in [0.15, 0.2) is 18.2 Å². The van der Waals surface area contributed by atoms with Crippen molar-refractivity contribution in [1.82, 2.24) is 0 Å². The van der Waals surface area contributed by atoms with Crippen molar-refractivity contribution in [2.75, 3.05) is 11.9 Å². The number of hydrogen-bond donors (Lipinski definition) is 1. The molecule has 2 rings (SSSR count). The number of nitrogens with one attached hydrogen (secondary N) is 1. The van der Waals surface area contributed by atoms with Crippen molar-refractivity contribution in [2.45, 2.75) is 13.8 Å². The van der Waals surface area contributed by atoms with Gasteiger partial charge in [0.15, 0.2) is 0 Å². The lowest BCUT2D eigenvalue weighted by Crippen LogP contribution is -2.13. The van der Waals surface area contributed by atoms with E-state index in [0.29, 0.717) is 16.8 Å². The highest BCUT2D eigenvalue weighted by atomic mass is 16.5. The van der Waals surface area contributed by atoms with Crippen LogP contribution in [0.4, 0.5) is 5.69 Å². The number of carbonyl (C=O) groups excluding carboxylic acids is 3. The summed E-state index contributed by atoms with van der Waals surface area (Å²) in [6.45, 7) is 3.80. The molecule has 0 atom stereocenters. The Hall–Kier alpha value is -2.43. The molecule has 98 valence electrons. The van der Waals surface area contributed by atoms with Crippen molar-refractivity contribution in [2.24, 2.45) is 0 Å². The molecule has 5 nitrogen and oxygen atoms in total. The molecule has 0 spiro atoms. The van der Waals surface area contributed by atoms with Crippen LogP contribution >= 0.6 is 0 Å². The molecule has 1 aliphatic rings. The van der Waals surface area contributed by atoms with E-state index in [1.807, 2.05) is 0 Å². The molecule has 0 aliphatic carbocycles. The summed E-state index contributed by atoms with van der Waals surface area (Å²) in [5.41, 5.74) is 2.16. The lowest BCUT2D eigenvalue weighted by atomic mass is 9.98. The highest BCUT2D eigenvalue weighted by Gasteiger charge is 2.30. The van der Waals surface area contributed by atoms with E-state index in [0.717, 1.165) is 5.56 Å². The van der Waals surface area contributed by atoms with Crippen LogP contribution in [0.3, 0.4) is 0 Å². The van der Waals surface area contributed by atoms with Crippen LogP contribution in [-0.2, 0) is 14.3 Å². The molecule has 1 aliphatic heterocycles. The molecule has 1 aromatic rings. The fraction of sp³-hybridized carbons (Fsp3) is 0.214. The Morgan fingerprint density at radius 2 is 2.11 bits per heavy atom. The number of hydrogen-bond acceptors (Lipinski definition) is 4. The van der Waals surface area contributed by atoms with Crippen molar-refractivity contribution in [3.05, 3.63) is 34.9 Å². The Bertz CT molecular complexity index is 602. The summed E-state index contributed by atoms with van der Waals surface area (Å²) in [6, 6.07) is 3.46. The lowest BCUT2D eigenvalue weighted by molar-refractivity contribution is -0.137. The van der Waals surface area contributed by atoms with Crippen molar-refractivity contribution >= 4 is 29.4 Å². The van der Waals surface area contributed by atoms with Crippen LogP contribution in [0.1, 0.15) is 28.4 Å².